The van der Waals surface area contributed by atoms with Crippen LogP contribution in [0.5, 0.6) is 0 Å². The molecule has 2 N–H and O–H groups in total. The molecule has 170 valence electrons. The van der Waals surface area contributed by atoms with Gasteiger partial charge < -0.3 is 10.6 Å². The quantitative estimate of drug-likeness (QED) is 0.610. The van der Waals surface area contributed by atoms with Gasteiger partial charge in [0.25, 0.3) is 5.91 Å². The SMILES string of the molecule is CCCc1ccc(C(NC(=O)CN2C(=O)NC3(CCCCC3C)C2=O)c2cccs2)cc1. The van der Waals surface area contributed by atoms with Gasteiger partial charge in [-0.15, -0.1) is 11.3 Å². The van der Waals surface area contributed by atoms with Crippen LogP contribution in [-0.4, -0.2) is 34.8 Å². The maximum absolute atomic E-state index is 13.2. The molecule has 7 heteroatoms. The van der Waals surface area contributed by atoms with Gasteiger partial charge in [0.05, 0.1) is 6.04 Å². The van der Waals surface area contributed by atoms with E-state index in [1.807, 2.05) is 36.6 Å². The Bertz CT molecular complexity index is 973. The molecule has 1 spiro atoms. The fourth-order valence-electron chi connectivity index (χ4n) is 4.93. The zero-order valence-electron chi connectivity index (χ0n) is 18.7. The van der Waals surface area contributed by atoms with E-state index in [4.69, 9.17) is 0 Å². The average Bonchev–Trinajstić information content (AvgIpc) is 3.39. The normalized spacial score (nSPS) is 23.9. The molecule has 2 fully saturated rings. The fraction of sp³-hybridized carbons (Fsp3) is 0.480. The number of amides is 4. The third-order valence-corrected chi connectivity index (χ3v) is 7.73. The van der Waals surface area contributed by atoms with Crippen molar-refractivity contribution in [3.05, 3.63) is 57.8 Å². The van der Waals surface area contributed by atoms with Crippen LogP contribution in [0.15, 0.2) is 41.8 Å². The monoisotopic (exact) mass is 453 g/mol. The fourth-order valence-corrected chi connectivity index (χ4v) is 5.73. The van der Waals surface area contributed by atoms with Crippen LogP contribution >= 0.6 is 11.3 Å². The number of carbonyl (C=O) groups is 3. The molecule has 4 rings (SSSR count). The molecule has 4 amide bonds. The third kappa shape index (κ3) is 4.31. The summed E-state index contributed by atoms with van der Waals surface area (Å²) in [6.07, 6.45) is 5.61. The first-order chi connectivity index (χ1) is 15.4. The van der Waals surface area contributed by atoms with Gasteiger partial charge in [-0.25, -0.2) is 4.79 Å². The summed E-state index contributed by atoms with van der Waals surface area (Å²) in [6.45, 7) is 3.89. The molecule has 0 radical (unpaired) electrons. The summed E-state index contributed by atoms with van der Waals surface area (Å²) >= 11 is 1.57. The summed E-state index contributed by atoms with van der Waals surface area (Å²) in [5.74, 6) is -0.534. The van der Waals surface area contributed by atoms with Crippen LogP contribution in [0.1, 0.15) is 68.0 Å². The minimum Gasteiger partial charge on any atom is -0.343 e. The van der Waals surface area contributed by atoms with E-state index in [-0.39, 0.29) is 30.3 Å². The number of thiophene rings is 1. The van der Waals surface area contributed by atoms with E-state index in [2.05, 4.69) is 29.7 Å². The lowest BCUT2D eigenvalue weighted by atomic mass is 9.73. The van der Waals surface area contributed by atoms with Gasteiger partial charge in [-0.2, -0.15) is 0 Å². The first-order valence-corrected chi connectivity index (χ1v) is 12.4. The van der Waals surface area contributed by atoms with Crippen molar-refractivity contribution in [2.75, 3.05) is 6.54 Å². The number of rotatable bonds is 7. The molecule has 3 atom stereocenters. The first-order valence-electron chi connectivity index (χ1n) is 11.5. The Labute approximate surface area is 193 Å². The van der Waals surface area contributed by atoms with Crippen LogP contribution < -0.4 is 10.6 Å². The third-order valence-electron chi connectivity index (χ3n) is 6.79. The highest BCUT2D eigenvalue weighted by molar-refractivity contribution is 7.10. The molecule has 2 aliphatic rings. The molecule has 0 bridgehead atoms. The lowest BCUT2D eigenvalue weighted by Crippen LogP contribution is -2.54. The molecular formula is C25H31N3O3S. The molecule has 2 heterocycles. The van der Waals surface area contributed by atoms with Crippen molar-refractivity contribution in [2.45, 2.75) is 64.0 Å². The number of carbonyl (C=O) groups excluding carboxylic acids is 3. The molecule has 1 aliphatic heterocycles. The predicted octanol–water partition coefficient (Wildman–Crippen LogP) is 4.41. The van der Waals surface area contributed by atoms with Crippen molar-refractivity contribution >= 4 is 29.2 Å². The first kappa shape index (κ1) is 22.5. The number of imide groups is 1. The topological polar surface area (TPSA) is 78.5 Å². The molecule has 1 aromatic heterocycles. The number of benzene rings is 1. The van der Waals surface area contributed by atoms with Crippen molar-refractivity contribution in [1.29, 1.82) is 0 Å². The molecule has 2 aromatic rings. The van der Waals surface area contributed by atoms with Gasteiger partial charge in [0.2, 0.25) is 5.91 Å². The van der Waals surface area contributed by atoms with Gasteiger partial charge in [-0.1, -0.05) is 63.4 Å². The molecule has 6 nitrogen and oxygen atoms in total. The highest BCUT2D eigenvalue weighted by atomic mass is 32.1. The smallest absolute Gasteiger partial charge is 0.325 e. The summed E-state index contributed by atoms with van der Waals surface area (Å²) in [5.41, 5.74) is 1.40. The highest BCUT2D eigenvalue weighted by Crippen LogP contribution is 2.38. The Kier molecular flexibility index (Phi) is 6.65. The molecule has 1 aliphatic carbocycles. The predicted molar refractivity (Wildman–Crippen MR) is 125 cm³/mol. The maximum Gasteiger partial charge on any atom is 0.325 e. The second-order valence-electron chi connectivity index (χ2n) is 8.95. The van der Waals surface area contributed by atoms with E-state index in [1.165, 1.54) is 5.56 Å². The molecule has 1 aromatic carbocycles. The van der Waals surface area contributed by atoms with Crippen molar-refractivity contribution in [1.82, 2.24) is 15.5 Å². The number of nitrogens with one attached hydrogen (secondary N) is 2. The van der Waals surface area contributed by atoms with Crippen LogP contribution in [0.3, 0.4) is 0 Å². The summed E-state index contributed by atoms with van der Waals surface area (Å²) in [5, 5.41) is 7.95. The van der Waals surface area contributed by atoms with Crippen LogP contribution in [0.4, 0.5) is 4.79 Å². The van der Waals surface area contributed by atoms with Crippen molar-refractivity contribution < 1.29 is 14.4 Å². The lowest BCUT2D eigenvalue weighted by Gasteiger charge is -2.36. The Morgan fingerprint density at radius 3 is 2.69 bits per heavy atom. The van der Waals surface area contributed by atoms with Gasteiger partial charge in [-0.05, 0) is 47.8 Å². The second kappa shape index (κ2) is 9.45. The van der Waals surface area contributed by atoms with Crippen molar-refractivity contribution in [3.8, 4) is 0 Å². The van der Waals surface area contributed by atoms with Gasteiger partial charge in [-0.3, -0.25) is 14.5 Å². The van der Waals surface area contributed by atoms with Crippen LogP contribution in [-0.2, 0) is 16.0 Å². The van der Waals surface area contributed by atoms with E-state index in [0.717, 1.165) is 47.4 Å². The molecule has 32 heavy (non-hydrogen) atoms. The zero-order chi connectivity index (χ0) is 22.7. The average molecular weight is 454 g/mol. The summed E-state index contributed by atoms with van der Waals surface area (Å²) < 4.78 is 0. The largest absolute Gasteiger partial charge is 0.343 e. The molecular weight excluding hydrogens is 422 g/mol. The van der Waals surface area contributed by atoms with Crippen LogP contribution in [0, 0.1) is 5.92 Å². The Morgan fingerprint density at radius 1 is 1.25 bits per heavy atom. The summed E-state index contributed by atoms with van der Waals surface area (Å²) in [7, 11) is 0. The summed E-state index contributed by atoms with van der Waals surface area (Å²) in [6, 6.07) is 11.4. The highest BCUT2D eigenvalue weighted by Gasteiger charge is 2.55. The molecule has 3 unspecified atom stereocenters. The Hall–Kier alpha value is -2.67. The van der Waals surface area contributed by atoms with Crippen molar-refractivity contribution in [2.24, 2.45) is 5.92 Å². The van der Waals surface area contributed by atoms with E-state index in [1.54, 1.807) is 11.3 Å². The number of urea groups is 1. The van der Waals surface area contributed by atoms with Gasteiger partial charge in [0.15, 0.2) is 0 Å². The number of hydrogen-bond donors (Lipinski definition) is 2. The minimum absolute atomic E-state index is 0.0706. The van der Waals surface area contributed by atoms with Crippen molar-refractivity contribution in [3.63, 3.8) is 0 Å². The van der Waals surface area contributed by atoms with Gasteiger partial charge in [0, 0.05) is 4.88 Å². The Morgan fingerprint density at radius 2 is 2.03 bits per heavy atom. The number of hydrogen-bond acceptors (Lipinski definition) is 4. The van der Waals surface area contributed by atoms with Crippen LogP contribution in [0.2, 0.25) is 0 Å². The van der Waals surface area contributed by atoms with E-state index in [0.29, 0.717) is 6.42 Å². The van der Waals surface area contributed by atoms with Gasteiger partial charge >= 0.3 is 6.03 Å². The number of aryl methyl sites for hydroxylation is 1. The standard InChI is InChI=1S/C25H31N3O3S/c1-3-7-18-10-12-19(13-11-18)22(20-9-6-15-32-20)26-21(29)16-28-23(30)25(27-24(28)31)14-5-4-8-17(25)2/h6,9-13,15,17,22H,3-5,7-8,14,16H2,1-2H3,(H,26,29)(H,27,31). The van der Waals surface area contributed by atoms with Crippen LogP contribution in [0.25, 0.3) is 0 Å². The van der Waals surface area contributed by atoms with Gasteiger partial charge in [0.1, 0.15) is 12.1 Å². The maximum atomic E-state index is 13.2. The Balaban J connectivity index is 1.49. The van der Waals surface area contributed by atoms with E-state index >= 15 is 0 Å². The zero-order valence-corrected chi connectivity index (χ0v) is 19.5. The summed E-state index contributed by atoms with van der Waals surface area (Å²) in [4.78, 5) is 40.9. The minimum atomic E-state index is -0.849. The molecule has 1 saturated heterocycles. The van der Waals surface area contributed by atoms with E-state index < -0.39 is 11.6 Å². The second-order valence-corrected chi connectivity index (χ2v) is 9.93. The molecule has 1 saturated carbocycles. The lowest BCUT2D eigenvalue weighted by molar-refractivity contribution is -0.137. The number of nitrogens with zero attached hydrogens (tertiary/aromatic N) is 1. The van der Waals surface area contributed by atoms with E-state index in [9.17, 15) is 14.4 Å².